The fraction of sp³-hybridized carbons (Fsp3) is 0.125. The van der Waals surface area contributed by atoms with Crippen LogP contribution in [0.1, 0.15) is 26.3 Å². The van der Waals surface area contributed by atoms with Gasteiger partial charge < -0.3 is 10.1 Å². The Hall–Kier alpha value is -2.62. The molecule has 2 rings (SSSR count). The molecule has 0 aliphatic carbocycles. The summed E-state index contributed by atoms with van der Waals surface area (Å²) in [6, 6.07) is 14.0. The Bertz CT molecular complexity index is 632. The van der Waals surface area contributed by atoms with Gasteiger partial charge in [0, 0.05) is 5.69 Å². The number of ether oxygens (including phenoxy) is 1. The van der Waals surface area contributed by atoms with Crippen LogP contribution in [0.4, 0.5) is 5.69 Å². The van der Waals surface area contributed by atoms with E-state index in [2.05, 4.69) is 10.1 Å². The Morgan fingerprint density at radius 1 is 0.950 bits per heavy atom. The minimum Gasteiger partial charge on any atom is -0.465 e. The van der Waals surface area contributed by atoms with E-state index < -0.39 is 5.97 Å². The number of carbonyl (C=O) groups is 2. The minimum atomic E-state index is -0.528. The Morgan fingerprint density at radius 2 is 1.55 bits per heavy atom. The van der Waals surface area contributed by atoms with E-state index in [9.17, 15) is 9.59 Å². The SMILES string of the molecule is COC(=O)c1ccccc1C(=O)Nc1ccc(C)cc1. The number of benzene rings is 2. The van der Waals surface area contributed by atoms with Crippen LogP contribution in [0.15, 0.2) is 48.5 Å². The molecule has 0 spiro atoms. The maximum Gasteiger partial charge on any atom is 0.338 e. The zero-order chi connectivity index (χ0) is 14.5. The first-order valence-corrected chi connectivity index (χ1v) is 6.17. The monoisotopic (exact) mass is 269 g/mol. The van der Waals surface area contributed by atoms with Crippen LogP contribution in [0.25, 0.3) is 0 Å². The number of carbonyl (C=O) groups excluding carboxylic acids is 2. The highest BCUT2D eigenvalue weighted by Crippen LogP contribution is 2.14. The molecule has 1 amide bonds. The molecule has 0 unspecified atom stereocenters. The second-order valence-corrected chi connectivity index (χ2v) is 4.36. The average molecular weight is 269 g/mol. The third kappa shape index (κ3) is 3.03. The topological polar surface area (TPSA) is 55.4 Å². The molecule has 20 heavy (non-hydrogen) atoms. The van der Waals surface area contributed by atoms with Crippen molar-refractivity contribution in [2.75, 3.05) is 12.4 Å². The lowest BCUT2D eigenvalue weighted by Gasteiger charge is -2.09. The maximum atomic E-state index is 12.2. The molecule has 0 saturated carbocycles. The predicted molar refractivity (Wildman–Crippen MR) is 76.9 cm³/mol. The highest BCUT2D eigenvalue weighted by Gasteiger charge is 2.16. The largest absolute Gasteiger partial charge is 0.465 e. The number of methoxy groups -OCH3 is 1. The maximum absolute atomic E-state index is 12.2. The van der Waals surface area contributed by atoms with E-state index >= 15 is 0 Å². The van der Waals surface area contributed by atoms with E-state index in [1.807, 2.05) is 31.2 Å². The molecule has 0 saturated heterocycles. The van der Waals surface area contributed by atoms with Crippen LogP contribution in [-0.2, 0) is 4.74 Å². The molecule has 0 aliphatic heterocycles. The Morgan fingerprint density at radius 3 is 2.15 bits per heavy atom. The average Bonchev–Trinajstić information content (AvgIpc) is 2.48. The molecule has 0 radical (unpaired) electrons. The van der Waals surface area contributed by atoms with E-state index in [0.717, 1.165) is 5.56 Å². The fourth-order valence-corrected chi connectivity index (χ4v) is 1.80. The number of hydrogen-bond acceptors (Lipinski definition) is 3. The highest BCUT2D eigenvalue weighted by molar-refractivity contribution is 6.10. The second kappa shape index (κ2) is 6.02. The minimum absolute atomic E-state index is 0.250. The standard InChI is InChI=1S/C16H15NO3/c1-11-7-9-12(10-8-11)17-15(18)13-5-3-4-6-14(13)16(19)20-2/h3-10H,1-2H3,(H,17,18). The number of nitrogens with one attached hydrogen (secondary N) is 1. The van der Waals surface area contributed by atoms with Gasteiger partial charge in [-0.05, 0) is 31.2 Å². The number of esters is 1. The van der Waals surface area contributed by atoms with Crippen LogP contribution < -0.4 is 5.32 Å². The van der Waals surface area contributed by atoms with E-state index in [1.54, 1.807) is 24.3 Å². The van der Waals surface area contributed by atoms with Crippen LogP contribution in [-0.4, -0.2) is 19.0 Å². The van der Waals surface area contributed by atoms with Gasteiger partial charge >= 0.3 is 5.97 Å². The zero-order valence-electron chi connectivity index (χ0n) is 11.3. The van der Waals surface area contributed by atoms with Gasteiger partial charge in [-0.3, -0.25) is 4.79 Å². The first kappa shape index (κ1) is 13.8. The molecule has 0 aliphatic rings. The van der Waals surface area contributed by atoms with Gasteiger partial charge in [0.1, 0.15) is 0 Å². The van der Waals surface area contributed by atoms with Gasteiger partial charge in [0.15, 0.2) is 0 Å². The third-order valence-corrected chi connectivity index (χ3v) is 2.89. The lowest BCUT2D eigenvalue weighted by Crippen LogP contribution is -2.17. The van der Waals surface area contributed by atoms with E-state index in [4.69, 9.17) is 0 Å². The van der Waals surface area contributed by atoms with Crippen molar-refractivity contribution in [3.8, 4) is 0 Å². The summed E-state index contributed by atoms with van der Waals surface area (Å²) in [5.74, 6) is -0.866. The fourth-order valence-electron chi connectivity index (χ4n) is 1.80. The predicted octanol–water partition coefficient (Wildman–Crippen LogP) is 3.03. The summed E-state index contributed by atoms with van der Waals surface area (Å²) >= 11 is 0. The van der Waals surface area contributed by atoms with Gasteiger partial charge in [-0.25, -0.2) is 4.79 Å². The summed E-state index contributed by atoms with van der Waals surface area (Å²) < 4.78 is 4.67. The van der Waals surface area contributed by atoms with Crippen LogP contribution in [0.5, 0.6) is 0 Å². The molecular weight excluding hydrogens is 254 g/mol. The molecule has 1 N–H and O–H groups in total. The molecule has 102 valence electrons. The van der Waals surface area contributed by atoms with Crippen molar-refractivity contribution in [1.29, 1.82) is 0 Å². The van der Waals surface area contributed by atoms with Crippen molar-refractivity contribution in [3.05, 3.63) is 65.2 Å². The quantitative estimate of drug-likeness (QED) is 0.871. The molecule has 0 aromatic heterocycles. The van der Waals surface area contributed by atoms with Crippen LogP contribution >= 0.6 is 0 Å². The molecule has 0 heterocycles. The summed E-state index contributed by atoms with van der Waals surface area (Å²) in [7, 11) is 1.29. The molecule has 4 nitrogen and oxygen atoms in total. The molecule has 2 aromatic rings. The number of amides is 1. The van der Waals surface area contributed by atoms with Gasteiger partial charge in [0.05, 0.1) is 18.2 Å². The van der Waals surface area contributed by atoms with Crippen LogP contribution in [0.3, 0.4) is 0 Å². The van der Waals surface area contributed by atoms with Crippen molar-refractivity contribution in [2.24, 2.45) is 0 Å². The number of anilines is 1. The zero-order valence-corrected chi connectivity index (χ0v) is 11.3. The van der Waals surface area contributed by atoms with E-state index in [0.29, 0.717) is 11.3 Å². The van der Waals surface area contributed by atoms with E-state index in [-0.39, 0.29) is 11.5 Å². The van der Waals surface area contributed by atoms with Gasteiger partial charge in [-0.1, -0.05) is 29.8 Å². The summed E-state index contributed by atoms with van der Waals surface area (Å²) in [6.07, 6.45) is 0. The molecule has 4 heteroatoms. The van der Waals surface area contributed by atoms with Gasteiger partial charge in [-0.2, -0.15) is 0 Å². The Kier molecular flexibility index (Phi) is 4.15. The number of aryl methyl sites for hydroxylation is 1. The summed E-state index contributed by atoms with van der Waals surface area (Å²) in [4.78, 5) is 23.9. The summed E-state index contributed by atoms with van der Waals surface area (Å²) in [5.41, 5.74) is 2.33. The Balaban J connectivity index is 2.25. The van der Waals surface area contributed by atoms with Crippen molar-refractivity contribution in [1.82, 2.24) is 0 Å². The Labute approximate surface area is 117 Å². The lowest BCUT2D eigenvalue weighted by molar-refractivity contribution is 0.0597. The lowest BCUT2D eigenvalue weighted by atomic mass is 10.1. The van der Waals surface area contributed by atoms with Crippen LogP contribution in [0, 0.1) is 6.92 Å². The molecule has 0 atom stereocenters. The van der Waals surface area contributed by atoms with Crippen molar-refractivity contribution < 1.29 is 14.3 Å². The number of hydrogen-bond donors (Lipinski definition) is 1. The first-order chi connectivity index (χ1) is 9.61. The number of rotatable bonds is 3. The highest BCUT2D eigenvalue weighted by atomic mass is 16.5. The third-order valence-electron chi connectivity index (χ3n) is 2.89. The van der Waals surface area contributed by atoms with Gasteiger partial charge in [-0.15, -0.1) is 0 Å². The van der Waals surface area contributed by atoms with Gasteiger partial charge in [0.2, 0.25) is 0 Å². The first-order valence-electron chi connectivity index (χ1n) is 6.17. The molecular formula is C16H15NO3. The molecule has 0 fully saturated rings. The summed E-state index contributed by atoms with van der Waals surface area (Å²) in [6.45, 7) is 1.97. The molecule has 2 aromatic carbocycles. The second-order valence-electron chi connectivity index (χ2n) is 4.36. The van der Waals surface area contributed by atoms with Crippen molar-refractivity contribution in [3.63, 3.8) is 0 Å². The van der Waals surface area contributed by atoms with Crippen molar-refractivity contribution >= 4 is 17.6 Å². The molecule has 0 bridgehead atoms. The van der Waals surface area contributed by atoms with Crippen LogP contribution in [0.2, 0.25) is 0 Å². The van der Waals surface area contributed by atoms with E-state index in [1.165, 1.54) is 7.11 Å². The smallest absolute Gasteiger partial charge is 0.338 e. The van der Waals surface area contributed by atoms with Gasteiger partial charge in [0.25, 0.3) is 5.91 Å². The van der Waals surface area contributed by atoms with Crippen molar-refractivity contribution in [2.45, 2.75) is 6.92 Å². The normalized spacial score (nSPS) is 9.90. The summed E-state index contributed by atoms with van der Waals surface area (Å²) in [5, 5.41) is 2.76.